The Morgan fingerprint density at radius 1 is 0.905 bits per heavy atom. The van der Waals surface area contributed by atoms with Crippen LogP contribution < -0.4 is 5.73 Å². The number of likely N-dealkylation sites (tertiary alicyclic amines) is 1. The van der Waals surface area contributed by atoms with Crippen LogP contribution in [0.25, 0.3) is 0 Å². The van der Waals surface area contributed by atoms with E-state index in [1.807, 2.05) is 0 Å². The van der Waals surface area contributed by atoms with Gasteiger partial charge < -0.3 is 5.73 Å². The molecule has 2 N–H and O–H groups in total. The summed E-state index contributed by atoms with van der Waals surface area (Å²) in [6, 6.07) is 0.0127. The number of hydrogen-bond donors (Lipinski definition) is 1. The van der Waals surface area contributed by atoms with E-state index in [1.54, 1.807) is 4.90 Å². The Kier molecular flexibility index (Phi) is 5.16. The summed E-state index contributed by atoms with van der Waals surface area (Å²) in [7, 11) is 0. The SMILES string of the molecule is NCCC1CCCCN1Cc1c(F)c(F)c(F)c(F)c1F. The largest absolute Gasteiger partial charge is 0.330 e. The van der Waals surface area contributed by atoms with Gasteiger partial charge >= 0.3 is 0 Å². The molecule has 0 aliphatic carbocycles. The van der Waals surface area contributed by atoms with E-state index in [1.165, 1.54) is 0 Å². The molecule has 1 unspecified atom stereocenters. The van der Waals surface area contributed by atoms with Gasteiger partial charge in [0.25, 0.3) is 0 Å². The molecule has 2 rings (SSSR count). The summed E-state index contributed by atoms with van der Waals surface area (Å²) in [5, 5.41) is 0. The second kappa shape index (κ2) is 6.70. The number of benzene rings is 1. The number of nitrogens with zero attached hydrogens (tertiary/aromatic N) is 1. The van der Waals surface area contributed by atoms with Gasteiger partial charge in [0.05, 0.1) is 0 Å². The van der Waals surface area contributed by atoms with E-state index in [0.717, 1.165) is 19.3 Å². The fourth-order valence-electron chi connectivity index (χ4n) is 2.78. The molecule has 0 spiro atoms. The molecule has 1 atom stereocenters. The Balaban J connectivity index is 2.30. The molecule has 1 heterocycles. The topological polar surface area (TPSA) is 29.3 Å². The molecule has 21 heavy (non-hydrogen) atoms. The highest BCUT2D eigenvalue weighted by atomic mass is 19.2. The highest BCUT2D eigenvalue weighted by Crippen LogP contribution is 2.27. The second-order valence-electron chi connectivity index (χ2n) is 5.25. The van der Waals surface area contributed by atoms with Gasteiger partial charge in [-0.15, -0.1) is 0 Å². The van der Waals surface area contributed by atoms with Crippen molar-refractivity contribution in [3.63, 3.8) is 0 Å². The smallest absolute Gasteiger partial charge is 0.200 e. The van der Waals surface area contributed by atoms with Crippen LogP contribution in [-0.4, -0.2) is 24.0 Å². The Morgan fingerprint density at radius 2 is 1.48 bits per heavy atom. The fourth-order valence-corrected chi connectivity index (χ4v) is 2.78. The number of rotatable bonds is 4. The van der Waals surface area contributed by atoms with Crippen molar-refractivity contribution in [1.82, 2.24) is 4.90 Å². The van der Waals surface area contributed by atoms with Gasteiger partial charge in [0.1, 0.15) is 0 Å². The van der Waals surface area contributed by atoms with Crippen LogP contribution >= 0.6 is 0 Å². The minimum atomic E-state index is -2.12. The molecular formula is C14H17F5N2. The van der Waals surface area contributed by atoms with Crippen molar-refractivity contribution in [1.29, 1.82) is 0 Å². The monoisotopic (exact) mass is 308 g/mol. The Bertz CT molecular complexity index is 490. The average molecular weight is 308 g/mol. The van der Waals surface area contributed by atoms with Crippen LogP contribution in [0.1, 0.15) is 31.2 Å². The highest BCUT2D eigenvalue weighted by Gasteiger charge is 2.29. The van der Waals surface area contributed by atoms with Crippen LogP contribution in [0.4, 0.5) is 22.0 Å². The molecule has 7 heteroatoms. The molecule has 1 aliphatic rings. The van der Waals surface area contributed by atoms with Gasteiger partial charge in [-0.1, -0.05) is 6.42 Å². The van der Waals surface area contributed by atoms with E-state index < -0.39 is 34.6 Å². The van der Waals surface area contributed by atoms with Gasteiger partial charge in [0.15, 0.2) is 23.3 Å². The van der Waals surface area contributed by atoms with Crippen LogP contribution in [0, 0.1) is 29.1 Å². The minimum Gasteiger partial charge on any atom is -0.330 e. The third-order valence-corrected chi connectivity index (χ3v) is 3.91. The lowest BCUT2D eigenvalue weighted by molar-refractivity contribution is 0.129. The molecule has 0 bridgehead atoms. The van der Waals surface area contributed by atoms with Gasteiger partial charge in [0.2, 0.25) is 5.82 Å². The number of nitrogens with two attached hydrogens (primary N) is 1. The lowest BCUT2D eigenvalue weighted by Crippen LogP contribution is -2.40. The first-order valence-electron chi connectivity index (χ1n) is 6.91. The summed E-state index contributed by atoms with van der Waals surface area (Å²) in [4.78, 5) is 1.74. The van der Waals surface area contributed by atoms with E-state index in [-0.39, 0.29) is 12.6 Å². The zero-order chi connectivity index (χ0) is 15.6. The quantitative estimate of drug-likeness (QED) is 0.526. The summed E-state index contributed by atoms with van der Waals surface area (Å²) in [5.74, 6) is -9.40. The van der Waals surface area contributed by atoms with Crippen molar-refractivity contribution in [2.24, 2.45) is 5.73 Å². The zero-order valence-corrected chi connectivity index (χ0v) is 11.4. The molecule has 0 radical (unpaired) electrons. The maximum Gasteiger partial charge on any atom is 0.200 e. The van der Waals surface area contributed by atoms with E-state index in [4.69, 9.17) is 5.73 Å². The maximum atomic E-state index is 13.7. The fraction of sp³-hybridized carbons (Fsp3) is 0.571. The van der Waals surface area contributed by atoms with Gasteiger partial charge in [-0.3, -0.25) is 4.90 Å². The van der Waals surface area contributed by atoms with Crippen molar-refractivity contribution in [2.45, 2.75) is 38.3 Å². The van der Waals surface area contributed by atoms with Crippen LogP contribution in [0.5, 0.6) is 0 Å². The van der Waals surface area contributed by atoms with Gasteiger partial charge in [0, 0.05) is 18.2 Å². The molecule has 1 saturated heterocycles. The van der Waals surface area contributed by atoms with Crippen molar-refractivity contribution >= 4 is 0 Å². The molecule has 1 fully saturated rings. The number of piperidine rings is 1. The lowest BCUT2D eigenvalue weighted by Gasteiger charge is -2.35. The molecule has 0 saturated carbocycles. The van der Waals surface area contributed by atoms with Crippen LogP contribution in [0.3, 0.4) is 0 Å². The van der Waals surface area contributed by atoms with Crippen molar-refractivity contribution in [3.05, 3.63) is 34.6 Å². The van der Waals surface area contributed by atoms with Gasteiger partial charge in [-0.2, -0.15) is 0 Å². The molecule has 118 valence electrons. The predicted molar refractivity (Wildman–Crippen MR) is 68.0 cm³/mol. The van der Waals surface area contributed by atoms with E-state index >= 15 is 0 Å². The van der Waals surface area contributed by atoms with Crippen molar-refractivity contribution in [2.75, 3.05) is 13.1 Å². The first kappa shape index (κ1) is 16.2. The van der Waals surface area contributed by atoms with E-state index in [2.05, 4.69) is 0 Å². The first-order valence-corrected chi connectivity index (χ1v) is 6.91. The summed E-state index contributed by atoms with van der Waals surface area (Å²) in [6.45, 7) is 0.679. The van der Waals surface area contributed by atoms with Crippen LogP contribution in [-0.2, 0) is 6.54 Å². The number of hydrogen-bond acceptors (Lipinski definition) is 2. The summed E-state index contributed by atoms with van der Waals surface area (Å²) < 4.78 is 66.8. The average Bonchev–Trinajstić information content (AvgIpc) is 2.49. The van der Waals surface area contributed by atoms with E-state index in [9.17, 15) is 22.0 Å². The molecular weight excluding hydrogens is 291 g/mol. The third kappa shape index (κ3) is 3.18. The number of halogens is 5. The lowest BCUT2D eigenvalue weighted by atomic mass is 9.98. The zero-order valence-electron chi connectivity index (χ0n) is 11.4. The normalized spacial score (nSPS) is 20.0. The van der Waals surface area contributed by atoms with Gasteiger partial charge in [-0.25, -0.2) is 22.0 Å². The Hall–Kier alpha value is -1.21. The molecule has 0 amide bonds. The molecule has 1 aliphatic heterocycles. The third-order valence-electron chi connectivity index (χ3n) is 3.91. The summed E-state index contributed by atoms with van der Waals surface area (Å²) in [6.07, 6.45) is 3.25. The van der Waals surface area contributed by atoms with Crippen LogP contribution in [0.2, 0.25) is 0 Å². The minimum absolute atomic E-state index is 0.0127. The first-order chi connectivity index (χ1) is 9.97. The Labute approximate surface area is 119 Å². The van der Waals surface area contributed by atoms with Gasteiger partial charge in [-0.05, 0) is 32.4 Å². The second-order valence-corrected chi connectivity index (χ2v) is 5.25. The summed E-state index contributed by atoms with van der Waals surface area (Å²) >= 11 is 0. The molecule has 0 aromatic heterocycles. The summed E-state index contributed by atoms with van der Waals surface area (Å²) in [5.41, 5.74) is 4.73. The highest BCUT2D eigenvalue weighted by molar-refractivity contribution is 5.24. The molecule has 1 aromatic rings. The standard InChI is InChI=1S/C14H17F5N2/c15-10-9(11(16)13(18)14(19)12(10)17)7-21-6-2-1-3-8(21)4-5-20/h8H,1-7,20H2. The van der Waals surface area contributed by atoms with Crippen LogP contribution in [0.15, 0.2) is 0 Å². The van der Waals surface area contributed by atoms with Crippen molar-refractivity contribution < 1.29 is 22.0 Å². The van der Waals surface area contributed by atoms with E-state index in [0.29, 0.717) is 19.5 Å². The molecule has 2 nitrogen and oxygen atoms in total. The maximum absolute atomic E-state index is 13.7. The Morgan fingerprint density at radius 3 is 2.05 bits per heavy atom. The molecule has 1 aromatic carbocycles. The predicted octanol–water partition coefficient (Wildman–Crippen LogP) is 3.09. The van der Waals surface area contributed by atoms with Crippen molar-refractivity contribution in [3.8, 4) is 0 Å².